The molecule has 1 aromatic heterocycles. The second-order valence-electron chi connectivity index (χ2n) is 3.70. The van der Waals surface area contributed by atoms with Crippen molar-refractivity contribution in [2.45, 2.75) is 19.9 Å². The molecule has 1 atom stereocenters. The summed E-state index contributed by atoms with van der Waals surface area (Å²) >= 11 is 1.66. The average Bonchev–Trinajstić information content (AvgIpc) is 2.65. The third-order valence-electron chi connectivity index (χ3n) is 2.34. The Kier molecular flexibility index (Phi) is 2.84. The van der Waals surface area contributed by atoms with Crippen molar-refractivity contribution in [3.05, 3.63) is 51.5 Å². The van der Waals surface area contributed by atoms with E-state index in [1.807, 2.05) is 13.1 Å². The summed E-state index contributed by atoms with van der Waals surface area (Å²) in [6, 6.07) is 8.20. The molecule has 0 aliphatic rings. The number of hydrogen-bond donors (Lipinski definition) is 1. The Hall–Kier alpha value is -1.19. The van der Waals surface area contributed by atoms with Gasteiger partial charge in [-0.3, -0.25) is 0 Å². The number of nitrogens with zero attached hydrogens (tertiary/aromatic N) is 1. The normalized spacial score (nSPS) is 12.7. The van der Waals surface area contributed by atoms with Crippen molar-refractivity contribution in [1.82, 2.24) is 4.98 Å². The standard InChI is InChI=1S/C12H14N2S/c1-8-3-5-10(6-4-8)11(13)12-14-7-9(2)15-12/h3-7,11H,13H2,1-2H3. The number of benzene rings is 1. The van der Waals surface area contributed by atoms with E-state index in [9.17, 15) is 0 Å². The first-order chi connectivity index (χ1) is 7.16. The van der Waals surface area contributed by atoms with E-state index >= 15 is 0 Å². The summed E-state index contributed by atoms with van der Waals surface area (Å²) in [5.41, 5.74) is 8.50. The predicted molar refractivity (Wildman–Crippen MR) is 64.1 cm³/mol. The summed E-state index contributed by atoms with van der Waals surface area (Å²) in [7, 11) is 0. The SMILES string of the molecule is Cc1ccc(C(N)c2ncc(C)s2)cc1. The number of aryl methyl sites for hydroxylation is 2. The molecule has 2 aromatic rings. The smallest absolute Gasteiger partial charge is 0.114 e. The number of hydrogen-bond acceptors (Lipinski definition) is 3. The Morgan fingerprint density at radius 3 is 2.40 bits per heavy atom. The van der Waals surface area contributed by atoms with Crippen LogP contribution in [0.15, 0.2) is 30.5 Å². The summed E-state index contributed by atoms with van der Waals surface area (Å²) in [5.74, 6) is 0. The minimum Gasteiger partial charge on any atom is -0.318 e. The van der Waals surface area contributed by atoms with E-state index in [2.05, 4.69) is 36.2 Å². The van der Waals surface area contributed by atoms with E-state index in [1.165, 1.54) is 10.4 Å². The van der Waals surface area contributed by atoms with Crippen LogP contribution in [-0.4, -0.2) is 4.98 Å². The van der Waals surface area contributed by atoms with Gasteiger partial charge in [-0.05, 0) is 19.4 Å². The molecule has 0 amide bonds. The lowest BCUT2D eigenvalue weighted by Crippen LogP contribution is -2.11. The third-order valence-corrected chi connectivity index (χ3v) is 3.34. The molecule has 0 radical (unpaired) electrons. The molecule has 1 aromatic carbocycles. The van der Waals surface area contributed by atoms with Gasteiger partial charge in [-0.2, -0.15) is 0 Å². The van der Waals surface area contributed by atoms with Crippen molar-refractivity contribution >= 4 is 11.3 Å². The first kappa shape index (κ1) is 10.3. The zero-order valence-electron chi connectivity index (χ0n) is 8.90. The molecule has 2 N–H and O–H groups in total. The summed E-state index contributed by atoms with van der Waals surface area (Å²) in [6.45, 7) is 4.12. The second-order valence-corrected chi connectivity index (χ2v) is 4.96. The monoisotopic (exact) mass is 218 g/mol. The zero-order valence-corrected chi connectivity index (χ0v) is 9.71. The quantitative estimate of drug-likeness (QED) is 0.841. The first-order valence-electron chi connectivity index (χ1n) is 4.91. The molecular formula is C12H14N2S. The number of nitrogens with two attached hydrogens (primary N) is 1. The van der Waals surface area contributed by atoms with Gasteiger partial charge in [0.05, 0.1) is 6.04 Å². The maximum absolute atomic E-state index is 6.13. The molecule has 15 heavy (non-hydrogen) atoms. The Balaban J connectivity index is 2.28. The summed E-state index contributed by atoms with van der Waals surface area (Å²) in [5, 5.41) is 0.983. The zero-order chi connectivity index (χ0) is 10.8. The van der Waals surface area contributed by atoms with E-state index in [0.717, 1.165) is 10.6 Å². The number of thiazole rings is 1. The van der Waals surface area contributed by atoms with E-state index < -0.39 is 0 Å². The molecule has 0 aliphatic carbocycles. The van der Waals surface area contributed by atoms with Crippen LogP contribution >= 0.6 is 11.3 Å². The molecule has 3 heteroatoms. The molecule has 0 saturated carbocycles. The minimum atomic E-state index is -0.0932. The highest BCUT2D eigenvalue weighted by atomic mass is 32.1. The van der Waals surface area contributed by atoms with E-state index in [-0.39, 0.29) is 6.04 Å². The lowest BCUT2D eigenvalue weighted by molar-refractivity contribution is 0.857. The molecule has 78 valence electrons. The van der Waals surface area contributed by atoms with Gasteiger partial charge in [0.25, 0.3) is 0 Å². The van der Waals surface area contributed by atoms with Crippen LogP contribution in [0, 0.1) is 13.8 Å². The maximum Gasteiger partial charge on any atom is 0.114 e. The molecule has 0 spiro atoms. The lowest BCUT2D eigenvalue weighted by Gasteiger charge is -2.08. The van der Waals surface area contributed by atoms with E-state index in [4.69, 9.17) is 5.73 Å². The topological polar surface area (TPSA) is 38.9 Å². The van der Waals surface area contributed by atoms with Gasteiger partial charge in [-0.1, -0.05) is 29.8 Å². The van der Waals surface area contributed by atoms with Gasteiger partial charge in [0.1, 0.15) is 5.01 Å². The number of rotatable bonds is 2. The fourth-order valence-corrected chi connectivity index (χ4v) is 2.24. The van der Waals surface area contributed by atoms with Crippen LogP contribution in [0.4, 0.5) is 0 Å². The van der Waals surface area contributed by atoms with Crippen LogP contribution in [0.2, 0.25) is 0 Å². The summed E-state index contributed by atoms with van der Waals surface area (Å²) in [6.07, 6.45) is 1.87. The minimum absolute atomic E-state index is 0.0932. The summed E-state index contributed by atoms with van der Waals surface area (Å²) < 4.78 is 0. The van der Waals surface area contributed by atoms with E-state index in [1.54, 1.807) is 11.3 Å². The van der Waals surface area contributed by atoms with Crippen molar-refractivity contribution in [3.63, 3.8) is 0 Å². The highest BCUT2D eigenvalue weighted by molar-refractivity contribution is 7.11. The Bertz CT molecular complexity index is 445. The molecule has 0 fully saturated rings. The van der Waals surface area contributed by atoms with Crippen LogP contribution in [0.5, 0.6) is 0 Å². The van der Waals surface area contributed by atoms with Crippen LogP contribution in [0.1, 0.15) is 27.1 Å². The molecule has 2 rings (SSSR count). The van der Waals surface area contributed by atoms with Crippen molar-refractivity contribution in [2.75, 3.05) is 0 Å². The molecule has 0 aliphatic heterocycles. The predicted octanol–water partition coefficient (Wildman–Crippen LogP) is 2.81. The van der Waals surface area contributed by atoms with Crippen LogP contribution in [0.3, 0.4) is 0 Å². The Labute approximate surface area is 93.8 Å². The van der Waals surface area contributed by atoms with Gasteiger partial charge in [-0.15, -0.1) is 11.3 Å². The van der Waals surface area contributed by atoms with Crippen LogP contribution in [0.25, 0.3) is 0 Å². The summed E-state index contributed by atoms with van der Waals surface area (Å²) in [4.78, 5) is 5.51. The number of aromatic nitrogens is 1. The fourth-order valence-electron chi connectivity index (χ4n) is 1.43. The molecule has 0 bridgehead atoms. The molecule has 2 nitrogen and oxygen atoms in total. The average molecular weight is 218 g/mol. The van der Waals surface area contributed by atoms with Crippen LogP contribution in [-0.2, 0) is 0 Å². The van der Waals surface area contributed by atoms with E-state index in [0.29, 0.717) is 0 Å². The Morgan fingerprint density at radius 1 is 1.20 bits per heavy atom. The second kappa shape index (κ2) is 4.13. The maximum atomic E-state index is 6.13. The van der Waals surface area contributed by atoms with Gasteiger partial charge < -0.3 is 5.73 Å². The third kappa shape index (κ3) is 2.25. The van der Waals surface area contributed by atoms with Gasteiger partial charge in [0.2, 0.25) is 0 Å². The lowest BCUT2D eigenvalue weighted by atomic mass is 10.1. The molecular weight excluding hydrogens is 204 g/mol. The fraction of sp³-hybridized carbons (Fsp3) is 0.250. The first-order valence-corrected chi connectivity index (χ1v) is 5.73. The highest BCUT2D eigenvalue weighted by Crippen LogP contribution is 2.23. The van der Waals surface area contributed by atoms with Crippen molar-refractivity contribution in [3.8, 4) is 0 Å². The Morgan fingerprint density at radius 2 is 1.87 bits per heavy atom. The van der Waals surface area contributed by atoms with Gasteiger partial charge in [-0.25, -0.2) is 4.98 Å². The van der Waals surface area contributed by atoms with Gasteiger partial charge in [0, 0.05) is 11.1 Å². The van der Waals surface area contributed by atoms with Crippen molar-refractivity contribution in [2.24, 2.45) is 5.73 Å². The van der Waals surface area contributed by atoms with Crippen molar-refractivity contribution < 1.29 is 0 Å². The molecule has 1 heterocycles. The van der Waals surface area contributed by atoms with Crippen molar-refractivity contribution in [1.29, 1.82) is 0 Å². The molecule has 1 unspecified atom stereocenters. The van der Waals surface area contributed by atoms with Crippen LogP contribution < -0.4 is 5.73 Å². The molecule has 0 saturated heterocycles. The van der Waals surface area contributed by atoms with Gasteiger partial charge >= 0.3 is 0 Å². The highest BCUT2D eigenvalue weighted by Gasteiger charge is 2.11. The largest absolute Gasteiger partial charge is 0.318 e. The van der Waals surface area contributed by atoms with Gasteiger partial charge in [0.15, 0.2) is 0 Å².